The highest BCUT2D eigenvalue weighted by molar-refractivity contribution is 9.24. The van der Waals surface area contributed by atoms with Gasteiger partial charge in [-0.2, -0.15) is 0 Å². The summed E-state index contributed by atoms with van der Waals surface area (Å²) in [5.41, 5.74) is 0. The van der Waals surface area contributed by atoms with Crippen LogP contribution in [0.15, 0.2) is 24.3 Å². The van der Waals surface area contributed by atoms with Crippen LogP contribution in [-0.4, -0.2) is 9.84 Å². The average molecular weight is 366 g/mol. The van der Waals surface area contributed by atoms with E-state index in [0.29, 0.717) is 9.65 Å². The SMILES string of the molecule is Fc1ccc(OC2CCC(CC(Br)Br)C2)cc1. The minimum Gasteiger partial charge on any atom is -0.490 e. The summed E-state index contributed by atoms with van der Waals surface area (Å²) in [5, 5.41) is 0. The smallest absolute Gasteiger partial charge is 0.123 e. The Morgan fingerprint density at radius 2 is 1.94 bits per heavy atom. The topological polar surface area (TPSA) is 9.23 Å². The van der Waals surface area contributed by atoms with Gasteiger partial charge in [-0.15, -0.1) is 0 Å². The number of ether oxygens (including phenoxy) is 1. The minimum atomic E-state index is -0.219. The highest BCUT2D eigenvalue weighted by Crippen LogP contribution is 2.34. The van der Waals surface area contributed by atoms with E-state index in [1.807, 2.05) is 0 Å². The van der Waals surface area contributed by atoms with Crippen LogP contribution in [0.5, 0.6) is 5.75 Å². The lowest BCUT2D eigenvalue weighted by Gasteiger charge is -2.14. The quantitative estimate of drug-likeness (QED) is 0.691. The summed E-state index contributed by atoms with van der Waals surface area (Å²) in [5.74, 6) is 1.26. The van der Waals surface area contributed by atoms with Crippen molar-refractivity contribution in [3.8, 4) is 5.75 Å². The van der Waals surface area contributed by atoms with E-state index in [1.165, 1.54) is 18.6 Å². The average Bonchev–Trinajstić information content (AvgIpc) is 2.68. The molecule has 0 aliphatic heterocycles. The number of hydrogen-bond donors (Lipinski definition) is 0. The first-order chi connectivity index (χ1) is 8.13. The second-order valence-electron chi connectivity index (χ2n) is 4.50. The Morgan fingerprint density at radius 1 is 1.24 bits per heavy atom. The number of hydrogen-bond acceptors (Lipinski definition) is 1. The summed E-state index contributed by atoms with van der Waals surface area (Å²) in [4.78, 5) is 0. The molecule has 0 heterocycles. The molecule has 1 fully saturated rings. The van der Waals surface area contributed by atoms with Crippen LogP contribution in [0.1, 0.15) is 25.7 Å². The van der Waals surface area contributed by atoms with Crippen LogP contribution in [0, 0.1) is 11.7 Å². The van der Waals surface area contributed by atoms with E-state index < -0.39 is 0 Å². The Balaban J connectivity index is 1.83. The van der Waals surface area contributed by atoms with Gasteiger partial charge in [-0.25, -0.2) is 4.39 Å². The van der Waals surface area contributed by atoms with Crippen molar-refractivity contribution >= 4 is 31.9 Å². The van der Waals surface area contributed by atoms with Crippen molar-refractivity contribution < 1.29 is 9.13 Å². The van der Waals surface area contributed by atoms with Crippen molar-refractivity contribution in [2.75, 3.05) is 0 Å². The van der Waals surface area contributed by atoms with Gasteiger partial charge in [-0.3, -0.25) is 0 Å². The van der Waals surface area contributed by atoms with Crippen molar-refractivity contribution in [2.24, 2.45) is 5.92 Å². The molecule has 0 radical (unpaired) electrons. The summed E-state index contributed by atoms with van der Waals surface area (Å²) in [6.45, 7) is 0. The zero-order valence-electron chi connectivity index (χ0n) is 9.41. The van der Waals surface area contributed by atoms with E-state index in [0.717, 1.165) is 25.0 Å². The fourth-order valence-electron chi connectivity index (χ4n) is 2.31. The molecule has 1 aromatic rings. The fraction of sp³-hybridized carbons (Fsp3) is 0.538. The molecule has 0 bridgehead atoms. The van der Waals surface area contributed by atoms with Crippen molar-refractivity contribution in [2.45, 2.75) is 35.5 Å². The van der Waals surface area contributed by atoms with Crippen LogP contribution in [0.3, 0.4) is 0 Å². The Labute approximate surface area is 118 Å². The second kappa shape index (κ2) is 6.19. The highest BCUT2D eigenvalue weighted by Gasteiger charge is 2.27. The van der Waals surface area contributed by atoms with E-state index in [2.05, 4.69) is 31.9 Å². The molecule has 2 unspecified atom stereocenters. The number of benzene rings is 1. The number of halogens is 3. The van der Waals surface area contributed by atoms with E-state index in [9.17, 15) is 4.39 Å². The second-order valence-corrected chi connectivity index (χ2v) is 7.94. The molecule has 0 amide bonds. The van der Waals surface area contributed by atoms with Crippen LogP contribution in [0.4, 0.5) is 4.39 Å². The minimum absolute atomic E-state index is 0.219. The molecule has 1 nitrogen and oxygen atoms in total. The lowest BCUT2D eigenvalue weighted by atomic mass is 10.1. The van der Waals surface area contributed by atoms with Crippen molar-refractivity contribution in [1.29, 1.82) is 0 Å². The van der Waals surface area contributed by atoms with Crippen LogP contribution in [0.25, 0.3) is 0 Å². The maximum atomic E-state index is 12.7. The molecule has 1 aliphatic carbocycles. The summed E-state index contributed by atoms with van der Waals surface area (Å²) in [6, 6.07) is 6.27. The van der Waals surface area contributed by atoms with Gasteiger partial charge in [0.2, 0.25) is 0 Å². The highest BCUT2D eigenvalue weighted by atomic mass is 79.9. The molecule has 2 atom stereocenters. The number of rotatable bonds is 4. The Hall–Kier alpha value is -0.0900. The monoisotopic (exact) mass is 364 g/mol. The van der Waals surface area contributed by atoms with E-state index in [-0.39, 0.29) is 11.9 Å². The summed E-state index contributed by atoms with van der Waals surface area (Å²) < 4.78 is 19.0. The van der Waals surface area contributed by atoms with Gasteiger partial charge in [0.25, 0.3) is 0 Å². The third-order valence-electron chi connectivity index (χ3n) is 3.12. The normalized spacial score (nSPS) is 24.2. The van der Waals surface area contributed by atoms with Crippen LogP contribution < -0.4 is 4.74 Å². The molecule has 0 aromatic heterocycles. The molecule has 0 spiro atoms. The molecule has 17 heavy (non-hydrogen) atoms. The third kappa shape index (κ3) is 4.25. The van der Waals surface area contributed by atoms with Crippen LogP contribution >= 0.6 is 31.9 Å². The van der Waals surface area contributed by atoms with Gasteiger partial charge in [0.1, 0.15) is 11.6 Å². The van der Waals surface area contributed by atoms with Gasteiger partial charge >= 0.3 is 0 Å². The lowest BCUT2D eigenvalue weighted by molar-refractivity contribution is 0.203. The number of alkyl halides is 2. The molecule has 2 rings (SSSR count). The van der Waals surface area contributed by atoms with Crippen molar-refractivity contribution in [1.82, 2.24) is 0 Å². The third-order valence-corrected chi connectivity index (χ3v) is 3.87. The standard InChI is InChI=1S/C13H15Br2FO/c14-13(15)8-9-1-4-12(7-9)17-11-5-2-10(16)3-6-11/h2-3,5-6,9,12-13H,1,4,7-8H2. The first-order valence-corrected chi connectivity index (χ1v) is 7.67. The Morgan fingerprint density at radius 3 is 2.59 bits per heavy atom. The zero-order chi connectivity index (χ0) is 12.3. The van der Waals surface area contributed by atoms with E-state index >= 15 is 0 Å². The van der Waals surface area contributed by atoms with Gasteiger partial charge in [0, 0.05) is 0 Å². The molecule has 0 N–H and O–H groups in total. The van der Waals surface area contributed by atoms with Crippen molar-refractivity contribution in [3.05, 3.63) is 30.1 Å². The maximum absolute atomic E-state index is 12.7. The molecular weight excluding hydrogens is 351 g/mol. The fourth-order valence-corrected chi connectivity index (χ4v) is 3.37. The molecule has 1 saturated carbocycles. The van der Waals surface area contributed by atoms with Gasteiger partial charge in [0.15, 0.2) is 0 Å². The predicted octanol–water partition coefficient (Wildman–Crippen LogP) is 4.88. The molecule has 1 aliphatic rings. The predicted molar refractivity (Wildman–Crippen MR) is 74.4 cm³/mol. The Bertz CT molecular complexity index is 353. The summed E-state index contributed by atoms with van der Waals surface area (Å²) in [7, 11) is 0. The van der Waals surface area contributed by atoms with Crippen LogP contribution in [-0.2, 0) is 0 Å². The van der Waals surface area contributed by atoms with Crippen molar-refractivity contribution in [3.63, 3.8) is 0 Å². The zero-order valence-corrected chi connectivity index (χ0v) is 12.6. The molecule has 4 heteroatoms. The molecule has 0 saturated heterocycles. The van der Waals surface area contributed by atoms with Crippen LogP contribution in [0.2, 0.25) is 0 Å². The summed E-state index contributed by atoms with van der Waals surface area (Å²) >= 11 is 7.03. The summed E-state index contributed by atoms with van der Waals surface area (Å²) in [6.07, 6.45) is 4.80. The van der Waals surface area contributed by atoms with Gasteiger partial charge < -0.3 is 4.74 Å². The van der Waals surface area contributed by atoms with Gasteiger partial charge in [-0.1, -0.05) is 31.9 Å². The molecular formula is C13H15Br2FO. The largest absolute Gasteiger partial charge is 0.490 e. The lowest BCUT2D eigenvalue weighted by Crippen LogP contribution is -2.12. The van der Waals surface area contributed by atoms with E-state index in [1.54, 1.807) is 12.1 Å². The molecule has 1 aromatic carbocycles. The maximum Gasteiger partial charge on any atom is 0.123 e. The first kappa shape index (κ1) is 13.3. The van der Waals surface area contributed by atoms with Gasteiger partial charge in [0.05, 0.1) is 9.84 Å². The van der Waals surface area contributed by atoms with E-state index in [4.69, 9.17) is 4.74 Å². The Kier molecular flexibility index (Phi) is 4.86. The molecule has 94 valence electrons. The van der Waals surface area contributed by atoms with Gasteiger partial charge in [-0.05, 0) is 55.9 Å². The first-order valence-electron chi connectivity index (χ1n) is 5.84.